The van der Waals surface area contributed by atoms with Crippen molar-refractivity contribution in [1.29, 1.82) is 0 Å². The third-order valence-electron chi connectivity index (χ3n) is 2.09. The maximum Gasteiger partial charge on any atom is 0.325 e. The van der Waals surface area contributed by atoms with Gasteiger partial charge in [-0.1, -0.05) is 0 Å². The minimum Gasteiger partial charge on any atom is -0.494 e. The van der Waals surface area contributed by atoms with Gasteiger partial charge in [-0.2, -0.15) is 0 Å². The Hall–Kier alpha value is -2.75. The molecule has 0 saturated carbocycles. The Labute approximate surface area is 108 Å². The largest absolute Gasteiger partial charge is 0.494 e. The van der Waals surface area contributed by atoms with Gasteiger partial charge in [0.25, 0.3) is 11.1 Å². The number of nitrogens with one attached hydrogen (secondary N) is 4. The molecule has 0 atom stereocenters. The van der Waals surface area contributed by atoms with Crippen molar-refractivity contribution in [3.63, 3.8) is 0 Å². The van der Waals surface area contributed by atoms with E-state index in [2.05, 4.69) is 32.2 Å². The Morgan fingerprint density at radius 1 is 1.16 bits per heavy atom. The molecule has 10 heteroatoms. The second-order valence-corrected chi connectivity index (χ2v) is 3.79. The van der Waals surface area contributed by atoms with Crippen molar-refractivity contribution >= 4 is 24.1 Å². The normalized spacial score (nSPS) is 10.9. The van der Waals surface area contributed by atoms with Gasteiger partial charge in [-0.05, 0) is 12.2 Å². The third kappa shape index (κ3) is 2.74. The predicted octanol–water partition coefficient (Wildman–Crippen LogP) is -0.735. The number of aromatic nitrogens is 4. The number of hydrogen-bond acceptors (Lipinski definition) is 6. The molecule has 0 aliphatic carbocycles. The number of H-pyrrole nitrogens is 4. The van der Waals surface area contributed by atoms with Gasteiger partial charge >= 0.3 is 5.69 Å². The number of nitrogens with zero attached hydrogens (tertiary/aromatic N) is 1. The molecule has 2 aromatic rings. The van der Waals surface area contributed by atoms with Crippen molar-refractivity contribution in [3.05, 3.63) is 47.7 Å². The van der Waals surface area contributed by atoms with Crippen LogP contribution in [0.4, 0.5) is 5.69 Å². The molecule has 0 saturated heterocycles. The van der Waals surface area contributed by atoms with Crippen LogP contribution in [-0.2, 0) is 0 Å². The summed E-state index contributed by atoms with van der Waals surface area (Å²) in [5.41, 5.74) is -2.38. The van der Waals surface area contributed by atoms with E-state index < -0.39 is 22.7 Å². The van der Waals surface area contributed by atoms with Crippen molar-refractivity contribution in [2.75, 3.05) is 0 Å². The highest BCUT2D eigenvalue weighted by Gasteiger charge is 2.05. The van der Waals surface area contributed by atoms with Gasteiger partial charge in [-0.15, -0.1) is 0 Å². The summed E-state index contributed by atoms with van der Waals surface area (Å²) in [6.45, 7) is 0. The molecule has 0 amide bonds. The zero-order valence-corrected chi connectivity index (χ0v) is 10.00. The molecule has 0 fully saturated rings. The quantitative estimate of drug-likeness (QED) is 0.363. The smallest absolute Gasteiger partial charge is 0.325 e. The lowest BCUT2D eigenvalue weighted by Crippen LogP contribution is -2.20. The molecule has 0 aliphatic rings. The van der Waals surface area contributed by atoms with E-state index in [1.807, 2.05) is 4.98 Å². The summed E-state index contributed by atoms with van der Waals surface area (Å²) in [6.07, 6.45) is 2.05. The first kappa shape index (κ1) is 12.7. The van der Waals surface area contributed by atoms with E-state index in [4.69, 9.17) is 0 Å². The highest BCUT2D eigenvalue weighted by molar-refractivity contribution is 7.71. The molecule has 0 aliphatic heterocycles. The van der Waals surface area contributed by atoms with Crippen molar-refractivity contribution in [2.24, 2.45) is 4.99 Å². The summed E-state index contributed by atoms with van der Waals surface area (Å²) in [5.74, 6) is -0.474. The SMILES string of the molecule is O=c1[nH]cc(N=Cc2c(O)[nH]c(=S)[nH]c2=O)c(=O)[nH]1. The van der Waals surface area contributed by atoms with E-state index in [9.17, 15) is 19.5 Å². The van der Waals surface area contributed by atoms with Gasteiger partial charge < -0.3 is 15.1 Å². The fourth-order valence-electron chi connectivity index (χ4n) is 1.24. The van der Waals surface area contributed by atoms with Crippen molar-refractivity contribution in [2.45, 2.75) is 0 Å². The minimum atomic E-state index is -0.722. The summed E-state index contributed by atoms with van der Waals surface area (Å²) in [5, 5.41) is 9.49. The highest BCUT2D eigenvalue weighted by Crippen LogP contribution is 2.06. The molecule has 0 bridgehead atoms. The van der Waals surface area contributed by atoms with Crippen LogP contribution in [0.5, 0.6) is 5.88 Å². The number of aromatic hydroxyl groups is 1. The van der Waals surface area contributed by atoms with Crippen LogP contribution >= 0.6 is 12.2 Å². The fraction of sp³-hybridized carbons (Fsp3) is 0. The Morgan fingerprint density at radius 3 is 2.53 bits per heavy atom. The Bertz CT molecular complexity index is 871. The first-order chi connectivity index (χ1) is 8.97. The summed E-state index contributed by atoms with van der Waals surface area (Å²) >= 11 is 4.65. The topological polar surface area (TPSA) is 147 Å². The van der Waals surface area contributed by atoms with Gasteiger partial charge in [0.15, 0.2) is 4.77 Å². The molecule has 0 unspecified atom stereocenters. The number of hydrogen-bond donors (Lipinski definition) is 5. The molecule has 0 spiro atoms. The van der Waals surface area contributed by atoms with Crippen LogP contribution < -0.4 is 16.8 Å². The molecule has 2 rings (SSSR count). The molecule has 0 aromatic carbocycles. The molecular weight excluding hydrogens is 274 g/mol. The molecule has 0 radical (unpaired) electrons. The van der Waals surface area contributed by atoms with Crippen LogP contribution in [0.3, 0.4) is 0 Å². The van der Waals surface area contributed by atoms with Crippen LogP contribution in [0.25, 0.3) is 0 Å². The number of rotatable bonds is 2. The molecule has 9 nitrogen and oxygen atoms in total. The Kier molecular flexibility index (Phi) is 3.25. The minimum absolute atomic E-state index is 0.0402. The molecule has 2 heterocycles. The third-order valence-corrected chi connectivity index (χ3v) is 2.30. The van der Waals surface area contributed by atoms with Gasteiger partial charge in [0.2, 0.25) is 5.88 Å². The Balaban J connectivity index is 2.49. The lowest BCUT2D eigenvalue weighted by Gasteiger charge is -1.96. The summed E-state index contributed by atoms with van der Waals surface area (Å²) in [7, 11) is 0. The van der Waals surface area contributed by atoms with Gasteiger partial charge in [0.05, 0.1) is 0 Å². The van der Waals surface area contributed by atoms with Crippen molar-refractivity contribution in [1.82, 2.24) is 19.9 Å². The lowest BCUT2D eigenvalue weighted by atomic mass is 10.3. The molecular formula is C9H7N5O4S. The molecule has 5 N–H and O–H groups in total. The second kappa shape index (κ2) is 4.86. The molecule has 19 heavy (non-hydrogen) atoms. The van der Waals surface area contributed by atoms with Gasteiger partial charge in [-0.25, -0.2) is 9.79 Å². The fourth-order valence-corrected chi connectivity index (χ4v) is 1.43. The van der Waals surface area contributed by atoms with Crippen LogP contribution in [0, 0.1) is 4.77 Å². The first-order valence-corrected chi connectivity index (χ1v) is 5.30. The van der Waals surface area contributed by atoms with Crippen LogP contribution in [0.2, 0.25) is 0 Å². The van der Waals surface area contributed by atoms with Crippen molar-refractivity contribution in [3.8, 4) is 5.88 Å². The summed E-state index contributed by atoms with van der Waals surface area (Å²) in [6, 6.07) is 0. The van der Waals surface area contributed by atoms with E-state index in [-0.39, 0.29) is 16.0 Å². The number of aliphatic imine (C=N–C) groups is 1. The predicted molar refractivity (Wildman–Crippen MR) is 68.8 cm³/mol. The number of aromatic amines is 4. The van der Waals surface area contributed by atoms with Gasteiger partial charge in [0, 0.05) is 12.4 Å². The van der Waals surface area contributed by atoms with Gasteiger partial charge in [-0.3, -0.25) is 19.6 Å². The van der Waals surface area contributed by atoms with E-state index in [1.165, 1.54) is 0 Å². The standard InChI is InChI=1S/C9H7N5O4S/c15-5-3(6(16)14-9(19)13-5)1-10-4-2-11-8(18)12-7(4)17/h1-2H,(H2,11,12,17,18)(H3,13,14,15,16,19). The zero-order chi connectivity index (χ0) is 14.0. The average Bonchev–Trinajstić information content (AvgIpc) is 2.30. The van der Waals surface area contributed by atoms with Crippen LogP contribution in [0.1, 0.15) is 5.56 Å². The monoisotopic (exact) mass is 281 g/mol. The van der Waals surface area contributed by atoms with E-state index >= 15 is 0 Å². The van der Waals surface area contributed by atoms with Crippen molar-refractivity contribution < 1.29 is 5.11 Å². The van der Waals surface area contributed by atoms with E-state index in [0.29, 0.717) is 0 Å². The van der Waals surface area contributed by atoms with Crippen LogP contribution in [-0.4, -0.2) is 31.3 Å². The highest BCUT2D eigenvalue weighted by atomic mass is 32.1. The van der Waals surface area contributed by atoms with E-state index in [1.54, 1.807) is 0 Å². The molecule has 98 valence electrons. The second-order valence-electron chi connectivity index (χ2n) is 3.39. The average molecular weight is 281 g/mol. The maximum absolute atomic E-state index is 11.5. The Morgan fingerprint density at radius 2 is 1.89 bits per heavy atom. The first-order valence-electron chi connectivity index (χ1n) is 4.89. The maximum atomic E-state index is 11.5. The van der Waals surface area contributed by atoms with Crippen LogP contribution in [0.15, 0.2) is 25.6 Å². The van der Waals surface area contributed by atoms with E-state index in [0.717, 1.165) is 12.4 Å². The summed E-state index contributed by atoms with van der Waals surface area (Å²) in [4.78, 5) is 46.0. The van der Waals surface area contributed by atoms with Gasteiger partial charge in [0.1, 0.15) is 11.3 Å². The lowest BCUT2D eigenvalue weighted by molar-refractivity contribution is 0.449. The summed E-state index contributed by atoms with van der Waals surface area (Å²) < 4.78 is -0.0402. The molecule has 2 aromatic heterocycles. The zero-order valence-electron chi connectivity index (χ0n) is 9.18.